The Morgan fingerprint density at radius 2 is 2.04 bits per heavy atom. The van der Waals surface area contributed by atoms with Gasteiger partial charge in [-0.3, -0.25) is 14.4 Å². The zero-order valence-corrected chi connectivity index (χ0v) is 15.9. The van der Waals surface area contributed by atoms with E-state index in [0.29, 0.717) is 36.8 Å². The number of carbonyl (C=O) groups is 3. The van der Waals surface area contributed by atoms with Crippen LogP contribution in [0.5, 0.6) is 0 Å². The van der Waals surface area contributed by atoms with Crippen LogP contribution in [0.3, 0.4) is 0 Å². The topological polar surface area (TPSA) is 78.5 Å². The van der Waals surface area contributed by atoms with Crippen molar-refractivity contribution in [3.8, 4) is 0 Å². The van der Waals surface area contributed by atoms with E-state index in [-0.39, 0.29) is 23.6 Å². The van der Waals surface area contributed by atoms with Crippen molar-refractivity contribution in [3.63, 3.8) is 0 Å². The summed E-state index contributed by atoms with van der Waals surface area (Å²) in [5.74, 6) is 0.159. The van der Waals surface area contributed by atoms with Gasteiger partial charge in [-0.05, 0) is 43.4 Å². The lowest BCUT2D eigenvalue weighted by Crippen LogP contribution is -2.45. The van der Waals surface area contributed by atoms with Gasteiger partial charge in [-0.2, -0.15) is 0 Å². The lowest BCUT2D eigenvalue weighted by Gasteiger charge is -2.32. The van der Waals surface area contributed by atoms with E-state index in [4.69, 9.17) is 0 Å². The molecule has 0 bridgehead atoms. The molecule has 3 amide bonds. The summed E-state index contributed by atoms with van der Waals surface area (Å²) in [5.41, 5.74) is 1.13. The third-order valence-corrected chi connectivity index (χ3v) is 4.53. The molecule has 0 aliphatic carbocycles. The summed E-state index contributed by atoms with van der Waals surface area (Å²) < 4.78 is 0. The summed E-state index contributed by atoms with van der Waals surface area (Å²) in [4.78, 5) is 38.1. The quantitative estimate of drug-likeness (QED) is 0.820. The summed E-state index contributed by atoms with van der Waals surface area (Å²) in [6.45, 7) is 7.46. The molecule has 0 unspecified atom stereocenters. The number of nitrogens with zero attached hydrogens (tertiary/aromatic N) is 1. The lowest BCUT2D eigenvalue weighted by molar-refractivity contribution is -0.126. The largest absolute Gasteiger partial charge is 0.356 e. The minimum absolute atomic E-state index is 0.0372. The Hall–Kier alpha value is -2.37. The zero-order valence-electron chi connectivity index (χ0n) is 15.9. The molecule has 2 rings (SSSR count). The molecular formula is C20H29N3O3. The van der Waals surface area contributed by atoms with Gasteiger partial charge in [0.1, 0.15) is 0 Å². The second-order valence-electron chi connectivity index (χ2n) is 7.33. The monoisotopic (exact) mass is 359 g/mol. The van der Waals surface area contributed by atoms with Crippen molar-refractivity contribution in [3.05, 3.63) is 29.8 Å². The van der Waals surface area contributed by atoms with Crippen LogP contribution in [0.4, 0.5) is 5.69 Å². The van der Waals surface area contributed by atoms with E-state index in [0.717, 1.165) is 19.3 Å². The lowest BCUT2D eigenvalue weighted by atomic mass is 9.96. The molecule has 1 heterocycles. The third kappa shape index (κ3) is 5.86. The van der Waals surface area contributed by atoms with Crippen molar-refractivity contribution in [1.29, 1.82) is 0 Å². The third-order valence-electron chi connectivity index (χ3n) is 4.53. The average molecular weight is 359 g/mol. The highest BCUT2D eigenvalue weighted by Crippen LogP contribution is 2.20. The van der Waals surface area contributed by atoms with Crippen molar-refractivity contribution < 1.29 is 14.4 Å². The number of rotatable bonds is 6. The molecule has 1 saturated heterocycles. The maximum Gasteiger partial charge on any atom is 0.253 e. The van der Waals surface area contributed by atoms with Crippen LogP contribution in [0, 0.1) is 11.8 Å². The Morgan fingerprint density at radius 3 is 2.73 bits per heavy atom. The molecule has 1 atom stereocenters. The highest BCUT2D eigenvalue weighted by molar-refractivity contribution is 5.97. The number of amides is 3. The number of nitrogens with one attached hydrogen (secondary N) is 2. The molecule has 2 N–H and O–H groups in total. The van der Waals surface area contributed by atoms with Crippen molar-refractivity contribution in [1.82, 2.24) is 10.2 Å². The number of likely N-dealkylation sites (tertiary alicyclic amines) is 1. The first-order valence-corrected chi connectivity index (χ1v) is 9.31. The van der Waals surface area contributed by atoms with Gasteiger partial charge in [-0.1, -0.05) is 19.9 Å². The van der Waals surface area contributed by atoms with Crippen LogP contribution >= 0.6 is 0 Å². The van der Waals surface area contributed by atoms with Crippen LogP contribution in [-0.2, 0) is 9.59 Å². The van der Waals surface area contributed by atoms with E-state index in [2.05, 4.69) is 24.5 Å². The number of anilines is 1. The fourth-order valence-electron chi connectivity index (χ4n) is 3.12. The van der Waals surface area contributed by atoms with Gasteiger partial charge >= 0.3 is 0 Å². The van der Waals surface area contributed by atoms with Crippen molar-refractivity contribution >= 4 is 23.4 Å². The summed E-state index contributed by atoms with van der Waals surface area (Å²) in [7, 11) is 0. The molecule has 6 nitrogen and oxygen atoms in total. The maximum atomic E-state index is 12.8. The van der Waals surface area contributed by atoms with E-state index >= 15 is 0 Å². The number of benzene rings is 1. The number of carbonyl (C=O) groups excluding carboxylic acids is 3. The van der Waals surface area contributed by atoms with E-state index < -0.39 is 0 Å². The van der Waals surface area contributed by atoms with Crippen molar-refractivity contribution in [2.75, 3.05) is 25.0 Å². The standard InChI is InChI=1S/C20H29N3O3/c1-14(2)9-10-21-19(25)17-7-5-11-23(13-17)20(26)16-6-4-8-18(12-16)22-15(3)24/h4,6,8,12,14,17H,5,7,9-11,13H2,1-3H3,(H,21,25)(H,22,24)/t17-/m0/s1. The fourth-order valence-corrected chi connectivity index (χ4v) is 3.12. The molecule has 1 aliphatic heterocycles. The van der Waals surface area contributed by atoms with Crippen LogP contribution in [0.2, 0.25) is 0 Å². The van der Waals surface area contributed by atoms with Gasteiger partial charge in [0.2, 0.25) is 11.8 Å². The second-order valence-corrected chi connectivity index (χ2v) is 7.33. The summed E-state index contributed by atoms with van der Waals surface area (Å²) in [6.07, 6.45) is 2.58. The molecule has 1 fully saturated rings. The van der Waals surface area contributed by atoms with Crippen molar-refractivity contribution in [2.45, 2.75) is 40.0 Å². The van der Waals surface area contributed by atoms with Crippen LogP contribution < -0.4 is 10.6 Å². The predicted molar refractivity (Wildman–Crippen MR) is 102 cm³/mol. The van der Waals surface area contributed by atoms with Gasteiger partial charge in [-0.15, -0.1) is 0 Å². The Kier molecular flexibility index (Phi) is 7.18. The normalized spacial score (nSPS) is 17.1. The first-order valence-electron chi connectivity index (χ1n) is 9.31. The maximum absolute atomic E-state index is 12.8. The summed E-state index contributed by atoms with van der Waals surface area (Å²) >= 11 is 0. The first-order chi connectivity index (χ1) is 12.4. The van der Waals surface area contributed by atoms with E-state index in [9.17, 15) is 14.4 Å². The molecule has 1 aromatic carbocycles. The molecule has 6 heteroatoms. The molecule has 0 spiro atoms. The predicted octanol–water partition coefficient (Wildman–Crippen LogP) is 2.66. The SMILES string of the molecule is CC(=O)Nc1cccc(C(=O)N2CCC[C@H](C(=O)NCCC(C)C)C2)c1. The van der Waals surface area contributed by atoms with Gasteiger partial charge in [0.25, 0.3) is 5.91 Å². The van der Waals surface area contributed by atoms with Gasteiger partial charge in [0, 0.05) is 37.8 Å². The molecule has 1 aliphatic rings. The summed E-state index contributed by atoms with van der Waals surface area (Å²) in [6, 6.07) is 6.91. The Balaban J connectivity index is 1.97. The Morgan fingerprint density at radius 1 is 1.27 bits per heavy atom. The molecular weight excluding hydrogens is 330 g/mol. The summed E-state index contributed by atoms with van der Waals surface area (Å²) in [5, 5.41) is 5.68. The van der Waals surface area contributed by atoms with Gasteiger partial charge in [0.05, 0.1) is 5.92 Å². The minimum Gasteiger partial charge on any atom is -0.356 e. The molecule has 0 radical (unpaired) electrons. The smallest absolute Gasteiger partial charge is 0.253 e. The van der Waals surface area contributed by atoms with Crippen LogP contribution in [0.1, 0.15) is 50.4 Å². The fraction of sp³-hybridized carbons (Fsp3) is 0.550. The molecule has 0 saturated carbocycles. The molecule has 26 heavy (non-hydrogen) atoms. The van der Waals surface area contributed by atoms with Gasteiger partial charge < -0.3 is 15.5 Å². The van der Waals surface area contributed by atoms with E-state index in [1.165, 1.54) is 6.92 Å². The first kappa shape index (κ1) is 19.9. The highest BCUT2D eigenvalue weighted by atomic mass is 16.2. The van der Waals surface area contributed by atoms with E-state index in [1.54, 1.807) is 29.2 Å². The van der Waals surface area contributed by atoms with Gasteiger partial charge in [-0.25, -0.2) is 0 Å². The van der Waals surface area contributed by atoms with E-state index in [1.807, 2.05) is 0 Å². The second kappa shape index (κ2) is 9.36. The minimum atomic E-state index is -0.175. The van der Waals surface area contributed by atoms with Crippen LogP contribution in [-0.4, -0.2) is 42.3 Å². The van der Waals surface area contributed by atoms with Crippen LogP contribution in [0.25, 0.3) is 0 Å². The number of hydrogen-bond donors (Lipinski definition) is 2. The molecule has 1 aromatic rings. The Labute approximate surface area is 155 Å². The average Bonchev–Trinajstić information content (AvgIpc) is 2.60. The van der Waals surface area contributed by atoms with Crippen LogP contribution in [0.15, 0.2) is 24.3 Å². The molecule has 142 valence electrons. The highest BCUT2D eigenvalue weighted by Gasteiger charge is 2.28. The number of piperidine rings is 1. The van der Waals surface area contributed by atoms with Crippen molar-refractivity contribution in [2.24, 2.45) is 11.8 Å². The molecule has 0 aromatic heterocycles. The zero-order chi connectivity index (χ0) is 19.1. The number of hydrogen-bond acceptors (Lipinski definition) is 3. The Bertz CT molecular complexity index is 657. The van der Waals surface area contributed by atoms with Gasteiger partial charge in [0.15, 0.2) is 0 Å².